The second-order valence-corrected chi connectivity index (χ2v) is 6.69. The third-order valence-corrected chi connectivity index (χ3v) is 4.06. The Morgan fingerprint density at radius 2 is 1.88 bits per heavy atom. The molecule has 24 heavy (non-hydrogen) atoms. The van der Waals surface area contributed by atoms with E-state index in [1.165, 1.54) is 25.7 Å². The van der Waals surface area contributed by atoms with Crippen LogP contribution < -0.4 is 15.4 Å². The fraction of sp³-hybridized carbons (Fsp3) is 0.550. The molecule has 0 aliphatic rings. The minimum absolute atomic E-state index is 0.737. The lowest BCUT2D eigenvalue weighted by molar-refractivity contribution is 0.415. The predicted octanol–water partition coefficient (Wildman–Crippen LogP) is 4.46. The first kappa shape index (κ1) is 18.5. The van der Waals surface area contributed by atoms with Crippen LogP contribution in [-0.4, -0.2) is 31.7 Å². The molecule has 2 aromatic rings. The van der Waals surface area contributed by atoms with Crippen molar-refractivity contribution < 1.29 is 4.74 Å². The largest absolute Gasteiger partial charge is 0.497 e. The van der Waals surface area contributed by atoms with Crippen molar-refractivity contribution in [1.29, 1.82) is 0 Å². The van der Waals surface area contributed by atoms with Crippen LogP contribution in [0.25, 0.3) is 10.9 Å². The first-order valence-corrected chi connectivity index (χ1v) is 9.08. The molecule has 0 atom stereocenters. The summed E-state index contributed by atoms with van der Waals surface area (Å²) in [6, 6.07) is 8.09. The third kappa shape index (κ3) is 6.00. The van der Waals surface area contributed by atoms with E-state index in [2.05, 4.69) is 35.5 Å². The number of anilines is 1. The lowest BCUT2D eigenvalue weighted by atomic mass is 10.1. The molecule has 0 bridgehead atoms. The molecule has 0 radical (unpaired) electrons. The van der Waals surface area contributed by atoms with Crippen molar-refractivity contribution in [2.75, 3.05) is 32.1 Å². The Labute approximate surface area is 146 Å². The summed E-state index contributed by atoms with van der Waals surface area (Å²) in [5.74, 6) is 1.61. The Hall–Kier alpha value is -1.81. The molecule has 0 spiro atoms. The fourth-order valence-corrected chi connectivity index (χ4v) is 2.76. The predicted molar refractivity (Wildman–Crippen MR) is 103 cm³/mol. The molecular formula is C20H31N3O. The quantitative estimate of drug-likeness (QED) is 0.597. The second-order valence-electron chi connectivity index (χ2n) is 6.69. The lowest BCUT2D eigenvalue weighted by Gasteiger charge is -2.11. The van der Waals surface area contributed by atoms with Gasteiger partial charge in [0, 0.05) is 24.2 Å². The van der Waals surface area contributed by atoms with Crippen molar-refractivity contribution in [3.8, 4) is 5.75 Å². The number of fused-ring (bicyclic) bond motifs is 1. The molecule has 2 N–H and O–H groups in total. The van der Waals surface area contributed by atoms with Crippen molar-refractivity contribution >= 4 is 16.6 Å². The van der Waals surface area contributed by atoms with E-state index in [1.807, 2.05) is 24.4 Å². The Morgan fingerprint density at radius 1 is 1.08 bits per heavy atom. The fourth-order valence-electron chi connectivity index (χ4n) is 2.76. The number of nitrogens with zero attached hydrogens (tertiary/aromatic N) is 1. The van der Waals surface area contributed by atoms with Crippen LogP contribution in [0.4, 0.5) is 5.69 Å². The van der Waals surface area contributed by atoms with E-state index in [-0.39, 0.29) is 0 Å². The molecule has 0 unspecified atom stereocenters. The molecule has 0 amide bonds. The molecule has 4 nitrogen and oxygen atoms in total. The lowest BCUT2D eigenvalue weighted by Crippen LogP contribution is -2.20. The number of ether oxygens (including phenoxy) is 1. The van der Waals surface area contributed by atoms with Crippen LogP contribution in [0.5, 0.6) is 5.75 Å². The Morgan fingerprint density at radius 3 is 2.62 bits per heavy atom. The second kappa shape index (κ2) is 10.1. The average molecular weight is 329 g/mol. The highest BCUT2D eigenvalue weighted by Gasteiger charge is 2.05. The van der Waals surface area contributed by atoms with Gasteiger partial charge < -0.3 is 15.4 Å². The third-order valence-electron chi connectivity index (χ3n) is 4.06. The van der Waals surface area contributed by atoms with Gasteiger partial charge in [0.25, 0.3) is 0 Å². The number of hydrogen-bond acceptors (Lipinski definition) is 4. The number of aromatic nitrogens is 1. The number of rotatable bonds is 11. The monoisotopic (exact) mass is 329 g/mol. The topological polar surface area (TPSA) is 46.2 Å². The van der Waals surface area contributed by atoms with Gasteiger partial charge in [-0.25, -0.2) is 0 Å². The highest BCUT2D eigenvalue weighted by atomic mass is 16.5. The summed E-state index contributed by atoms with van der Waals surface area (Å²) < 4.78 is 5.39. The van der Waals surface area contributed by atoms with Crippen LogP contribution >= 0.6 is 0 Å². The zero-order valence-corrected chi connectivity index (χ0v) is 15.3. The first-order valence-electron chi connectivity index (χ1n) is 9.08. The smallest absolute Gasteiger partial charge is 0.121 e. The van der Waals surface area contributed by atoms with E-state index < -0.39 is 0 Å². The maximum Gasteiger partial charge on any atom is 0.121 e. The van der Waals surface area contributed by atoms with E-state index in [0.717, 1.165) is 47.9 Å². The van der Waals surface area contributed by atoms with Crippen LogP contribution in [0.2, 0.25) is 0 Å². The van der Waals surface area contributed by atoms with Gasteiger partial charge in [0.05, 0.1) is 18.3 Å². The molecule has 4 heteroatoms. The van der Waals surface area contributed by atoms with Gasteiger partial charge in [0.2, 0.25) is 0 Å². The summed E-state index contributed by atoms with van der Waals surface area (Å²) in [5, 5.41) is 8.12. The Kier molecular flexibility index (Phi) is 7.83. The molecule has 2 rings (SSSR count). The molecule has 0 aliphatic heterocycles. The van der Waals surface area contributed by atoms with Gasteiger partial charge in [0.15, 0.2) is 0 Å². The molecule has 0 fully saturated rings. The SMILES string of the molecule is COc1cc(NCCCCCCNCC(C)C)c2ncccc2c1. The molecule has 1 heterocycles. The molecule has 0 aliphatic carbocycles. The summed E-state index contributed by atoms with van der Waals surface area (Å²) in [6.07, 6.45) is 6.81. The van der Waals surface area contributed by atoms with E-state index >= 15 is 0 Å². The summed E-state index contributed by atoms with van der Waals surface area (Å²) in [4.78, 5) is 4.49. The molecule has 1 aromatic heterocycles. The molecular weight excluding hydrogens is 298 g/mol. The normalized spacial score (nSPS) is 11.2. The van der Waals surface area contributed by atoms with E-state index in [4.69, 9.17) is 4.74 Å². The van der Waals surface area contributed by atoms with Gasteiger partial charge in [0.1, 0.15) is 5.75 Å². The Balaban J connectivity index is 1.72. The van der Waals surface area contributed by atoms with Gasteiger partial charge in [-0.05, 0) is 44.0 Å². The molecule has 1 aromatic carbocycles. The van der Waals surface area contributed by atoms with Crippen LogP contribution in [0.1, 0.15) is 39.5 Å². The van der Waals surface area contributed by atoms with Gasteiger partial charge in [-0.15, -0.1) is 0 Å². The standard InChI is InChI=1S/C20H31N3O/c1-16(2)15-21-10-6-4-5-7-11-22-19-14-18(24-3)13-17-9-8-12-23-20(17)19/h8-9,12-14,16,21-22H,4-7,10-11,15H2,1-3H3. The van der Waals surface area contributed by atoms with Crippen LogP contribution in [0, 0.1) is 5.92 Å². The molecule has 132 valence electrons. The molecule has 0 saturated carbocycles. The van der Waals surface area contributed by atoms with Crippen LogP contribution in [-0.2, 0) is 0 Å². The summed E-state index contributed by atoms with van der Waals surface area (Å²) in [5.41, 5.74) is 2.07. The van der Waals surface area contributed by atoms with Crippen LogP contribution in [0.3, 0.4) is 0 Å². The van der Waals surface area contributed by atoms with Gasteiger partial charge in [-0.1, -0.05) is 32.8 Å². The van der Waals surface area contributed by atoms with E-state index in [0.29, 0.717) is 0 Å². The number of nitrogens with one attached hydrogen (secondary N) is 2. The van der Waals surface area contributed by atoms with Crippen molar-refractivity contribution in [2.45, 2.75) is 39.5 Å². The van der Waals surface area contributed by atoms with E-state index in [1.54, 1.807) is 7.11 Å². The number of pyridine rings is 1. The summed E-state index contributed by atoms with van der Waals surface area (Å²) in [7, 11) is 1.70. The van der Waals surface area contributed by atoms with Gasteiger partial charge in [-0.2, -0.15) is 0 Å². The highest BCUT2D eigenvalue weighted by molar-refractivity contribution is 5.91. The number of hydrogen-bond donors (Lipinski definition) is 2. The maximum absolute atomic E-state index is 5.39. The van der Waals surface area contributed by atoms with Gasteiger partial charge in [-0.3, -0.25) is 4.98 Å². The average Bonchev–Trinajstić information content (AvgIpc) is 2.59. The minimum atomic E-state index is 0.737. The van der Waals surface area contributed by atoms with E-state index in [9.17, 15) is 0 Å². The van der Waals surface area contributed by atoms with Crippen molar-refractivity contribution in [1.82, 2.24) is 10.3 Å². The number of benzene rings is 1. The Bertz CT molecular complexity index is 613. The number of unbranched alkanes of at least 4 members (excludes halogenated alkanes) is 3. The van der Waals surface area contributed by atoms with Gasteiger partial charge >= 0.3 is 0 Å². The van der Waals surface area contributed by atoms with Crippen molar-refractivity contribution in [3.63, 3.8) is 0 Å². The van der Waals surface area contributed by atoms with Crippen molar-refractivity contribution in [2.24, 2.45) is 5.92 Å². The molecule has 0 saturated heterocycles. The first-order chi connectivity index (χ1) is 11.7. The highest BCUT2D eigenvalue weighted by Crippen LogP contribution is 2.27. The zero-order chi connectivity index (χ0) is 17.2. The zero-order valence-electron chi connectivity index (χ0n) is 15.3. The summed E-state index contributed by atoms with van der Waals surface area (Å²) in [6.45, 7) is 7.72. The van der Waals surface area contributed by atoms with Crippen molar-refractivity contribution in [3.05, 3.63) is 30.5 Å². The van der Waals surface area contributed by atoms with Crippen LogP contribution in [0.15, 0.2) is 30.5 Å². The maximum atomic E-state index is 5.39. The summed E-state index contributed by atoms with van der Waals surface area (Å²) >= 11 is 0. The minimum Gasteiger partial charge on any atom is -0.497 e. The number of methoxy groups -OCH3 is 1.